The van der Waals surface area contributed by atoms with Crippen LogP contribution < -0.4 is 5.32 Å². The normalized spacial score (nSPS) is 20.6. The van der Waals surface area contributed by atoms with Gasteiger partial charge in [0.15, 0.2) is 9.84 Å². The van der Waals surface area contributed by atoms with Gasteiger partial charge in [-0.2, -0.15) is 0 Å². The van der Waals surface area contributed by atoms with Crippen molar-refractivity contribution in [3.8, 4) is 0 Å². The molecule has 106 valence electrons. The number of thiophene rings is 1. The monoisotopic (exact) mass is 311 g/mol. The molecule has 0 spiro atoms. The Balaban J connectivity index is 1.89. The highest BCUT2D eigenvalue weighted by Gasteiger charge is 2.30. The SMILES string of the molecule is O=S1(=O)CCC(NCc2cccs2)c2cc(F)ccc21. The van der Waals surface area contributed by atoms with Crippen molar-refractivity contribution in [1.82, 2.24) is 5.32 Å². The van der Waals surface area contributed by atoms with Gasteiger partial charge in [0.1, 0.15) is 5.82 Å². The van der Waals surface area contributed by atoms with Crippen LogP contribution in [0.5, 0.6) is 0 Å². The summed E-state index contributed by atoms with van der Waals surface area (Å²) in [7, 11) is -3.27. The molecule has 6 heteroatoms. The fourth-order valence-corrected chi connectivity index (χ4v) is 4.72. The van der Waals surface area contributed by atoms with Gasteiger partial charge in [-0.3, -0.25) is 0 Å². The van der Waals surface area contributed by atoms with Crippen molar-refractivity contribution >= 4 is 21.2 Å². The number of sulfone groups is 1. The van der Waals surface area contributed by atoms with Crippen molar-refractivity contribution in [2.75, 3.05) is 5.75 Å². The molecule has 1 unspecified atom stereocenters. The lowest BCUT2D eigenvalue weighted by Gasteiger charge is -2.26. The van der Waals surface area contributed by atoms with Gasteiger partial charge in [0, 0.05) is 17.5 Å². The molecule has 0 aliphatic carbocycles. The lowest BCUT2D eigenvalue weighted by atomic mass is 10.0. The molecule has 2 aromatic rings. The Bertz CT molecular complexity index is 711. The number of benzene rings is 1. The largest absolute Gasteiger partial charge is 0.305 e. The second kappa shape index (κ2) is 5.27. The Morgan fingerprint density at radius 3 is 2.95 bits per heavy atom. The number of halogens is 1. The van der Waals surface area contributed by atoms with E-state index in [4.69, 9.17) is 0 Å². The van der Waals surface area contributed by atoms with E-state index in [2.05, 4.69) is 5.32 Å². The van der Waals surface area contributed by atoms with E-state index in [1.165, 1.54) is 23.1 Å². The first-order valence-electron chi connectivity index (χ1n) is 6.34. The fraction of sp³-hybridized carbons (Fsp3) is 0.286. The van der Waals surface area contributed by atoms with Crippen LogP contribution in [-0.4, -0.2) is 14.2 Å². The summed E-state index contributed by atoms with van der Waals surface area (Å²) < 4.78 is 37.4. The summed E-state index contributed by atoms with van der Waals surface area (Å²) in [4.78, 5) is 1.44. The number of nitrogens with one attached hydrogen (secondary N) is 1. The van der Waals surface area contributed by atoms with Gasteiger partial charge in [-0.05, 0) is 41.6 Å². The molecule has 0 saturated heterocycles. The van der Waals surface area contributed by atoms with E-state index in [0.29, 0.717) is 18.5 Å². The Morgan fingerprint density at radius 1 is 1.35 bits per heavy atom. The van der Waals surface area contributed by atoms with E-state index in [1.54, 1.807) is 11.3 Å². The Morgan fingerprint density at radius 2 is 2.20 bits per heavy atom. The third kappa shape index (κ3) is 2.63. The standard InChI is InChI=1S/C14H14FNO2S2/c15-10-3-4-14-12(8-10)13(5-7-20(14,17)18)16-9-11-2-1-6-19-11/h1-4,6,8,13,16H,5,7,9H2. The van der Waals surface area contributed by atoms with Crippen LogP contribution in [0.3, 0.4) is 0 Å². The van der Waals surface area contributed by atoms with Crippen LogP contribution in [0, 0.1) is 5.82 Å². The Kier molecular flexibility index (Phi) is 3.62. The lowest BCUT2D eigenvalue weighted by Crippen LogP contribution is -2.29. The summed E-state index contributed by atoms with van der Waals surface area (Å²) >= 11 is 1.64. The zero-order valence-electron chi connectivity index (χ0n) is 10.7. The minimum Gasteiger partial charge on any atom is -0.305 e. The highest BCUT2D eigenvalue weighted by molar-refractivity contribution is 7.91. The molecule has 1 aromatic heterocycles. The number of hydrogen-bond acceptors (Lipinski definition) is 4. The fourth-order valence-electron chi connectivity index (χ4n) is 2.46. The Labute approximate surface area is 121 Å². The third-order valence-corrected chi connectivity index (χ3v) is 6.15. The van der Waals surface area contributed by atoms with Crippen LogP contribution in [0.2, 0.25) is 0 Å². The van der Waals surface area contributed by atoms with Gasteiger partial charge in [-0.1, -0.05) is 6.07 Å². The first kappa shape index (κ1) is 13.7. The van der Waals surface area contributed by atoms with E-state index < -0.39 is 15.7 Å². The minimum atomic E-state index is -3.27. The van der Waals surface area contributed by atoms with Crippen molar-refractivity contribution < 1.29 is 12.8 Å². The molecular formula is C14H14FNO2S2. The zero-order valence-corrected chi connectivity index (χ0v) is 12.3. The number of hydrogen-bond donors (Lipinski definition) is 1. The van der Waals surface area contributed by atoms with Gasteiger partial charge in [0.25, 0.3) is 0 Å². The number of rotatable bonds is 3. The van der Waals surface area contributed by atoms with E-state index in [-0.39, 0.29) is 16.7 Å². The zero-order chi connectivity index (χ0) is 14.2. The number of fused-ring (bicyclic) bond motifs is 1. The first-order valence-corrected chi connectivity index (χ1v) is 8.87. The molecule has 1 aliphatic heterocycles. The third-order valence-electron chi connectivity index (χ3n) is 3.46. The van der Waals surface area contributed by atoms with Crippen molar-refractivity contribution in [3.05, 3.63) is 52.0 Å². The summed E-state index contributed by atoms with van der Waals surface area (Å²) in [5.74, 6) is -0.294. The van der Waals surface area contributed by atoms with Crippen LogP contribution in [0.4, 0.5) is 4.39 Å². The summed E-state index contributed by atoms with van der Waals surface area (Å²) in [6, 6.07) is 7.78. The Hall–Kier alpha value is -1.24. The van der Waals surface area contributed by atoms with E-state index in [9.17, 15) is 12.8 Å². The summed E-state index contributed by atoms with van der Waals surface area (Å²) in [5, 5.41) is 5.32. The second-order valence-electron chi connectivity index (χ2n) is 4.80. The molecule has 20 heavy (non-hydrogen) atoms. The molecule has 1 atom stereocenters. The predicted octanol–water partition coefficient (Wildman–Crippen LogP) is 2.90. The molecule has 1 N–H and O–H groups in total. The van der Waals surface area contributed by atoms with Gasteiger partial charge < -0.3 is 5.32 Å². The summed E-state index contributed by atoms with van der Waals surface area (Å²) in [6.07, 6.45) is 0.476. The molecule has 0 bridgehead atoms. The highest BCUT2D eigenvalue weighted by Crippen LogP contribution is 2.32. The molecule has 0 fully saturated rings. The maximum Gasteiger partial charge on any atom is 0.178 e. The first-order chi connectivity index (χ1) is 9.56. The van der Waals surface area contributed by atoms with Gasteiger partial charge >= 0.3 is 0 Å². The van der Waals surface area contributed by atoms with Crippen LogP contribution >= 0.6 is 11.3 Å². The van der Waals surface area contributed by atoms with Gasteiger partial charge in [0.2, 0.25) is 0 Å². The second-order valence-corrected chi connectivity index (χ2v) is 7.91. The molecule has 0 amide bonds. The van der Waals surface area contributed by atoms with E-state index in [1.807, 2.05) is 17.5 Å². The van der Waals surface area contributed by atoms with Crippen molar-refractivity contribution in [2.24, 2.45) is 0 Å². The molecular weight excluding hydrogens is 297 g/mol. The van der Waals surface area contributed by atoms with Gasteiger partial charge in [-0.15, -0.1) is 11.3 Å². The van der Waals surface area contributed by atoms with Crippen LogP contribution in [0.25, 0.3) is 0 Å². The van der Waals surface area contributed by atoms with E-state index in [0.717, 1.165) is 0 Å². The van der Waals surface area contributed by atoms with Gasteiger partial charge in [-0.25, -0.2) is 12.8 Å². The maximum absolute atomic E-state index is 13.4. The van der Waals surface area contributed by atoms with Crippen molar-refractivity contribution in [3.63, 3.8) is 0 Å². The smallest absolute Gasteiger partial charge is 0.178 e. The molecule has 2 heterocycles. The van der Waals surface area contributed by atoms with Gasteiger partial charge in [0.05, 0.1) is 10.6 Å². The molecule has 0 saturated carbocycles. The topological polar surface area (TPSA) is 46.2 Å². The van der Waals surface area contributed by atoms with Crippen LogP contribution in [0.1, 0.15) is 22.9 Å². The minimum absolute atomic E-state index is 0.105. The lowest BCUT2D eigenvalue weighted by molar-refractivity contribution is 0.489. The van der Waals surface area contributed by atoms with Crippen molar-refractivity contribution in [1.29, 1.82) is 0 Å². The maximum atomic E-state index is 13.4. The van der Waals surface area contributed by atoms with Crippen LogP contribution in [-0.2, 0) is 16.4 Å². The predicted molar refractivity (Wildman–Crippen MR) is 77.0 cm³/mol. The molecule has 3 rings (SSSR count). The van der Waals surface area contributed by atoms with E-state index >= 15 is 0 Å². The molecule has 1 aliphatic rings. The molecule has 0 radical (unpaired) electrons. The molecule has 3 nitrogen and oxygen atoms in total. The summed E-state index contributed by atoms with van der Waals surface area (Å²) in [5.41, 5.74) is 0.549. The quantitative estimate of drug-likeness (QED) is 0.887. The average molecular weight is 311 g/mol. The summed E-state index contributed by atoms with van der Waals surface area (Å²) in [6.45, 7) is 0.665. The average Bonchev–Trinajstić information content (AvgIpc) is 2.90. The molecule has 1 aromatic carbocycles. The highest BCUT2D eigenvalue weighted by atomic mass is 32.2. The van der Waals surface area contributed by atoms with Crippen LogP contribution in [0.15, 0.2) is 40.6 Å². The van der Waals surface area contributed by atoms with Crippen molar-refractivity contribution in [2.45, 2.75) is 23.9 Å².